The molecule has 1 fully saturated rings. The fraction of sp³-hybridized carbons (Fsp3) is 0.357. The maximum Gasteiger partial charge on any atom is 0.332 e. The first kappa shape index (κ1) is 15.9. The number of carboxylic acid groups (broad SMARTS) is 1. The van der Waals surface area contributed by atoms with Crippen molar-refractivity contribution in [3.05, 3.63) is 24.5 Å². The minimum absolute atomic E-state index is 0.311. The molecule has 0 unspecified atom stereocenters. The van der Waals surface area contributed by atoms with Crippen molar-refractivity contribution in [2.75, 3.05) is 12.4 Å². The number of amides is 1. The van der Waals surface area contributed by atoms with Crippen LogP contribution in [0.25, 0.3) is 5.69 Å². The van der Waals surface area contributed by atoms with Crippen LogP contribution < -0.4 is 10.1 Å². The molecule has 3 rings (SSSR count). The maximum atomic E-state index is 12.2. The predicted molar refractivity (Wildman–Crippen MR) is 79.9 cm³/mol. The molecule has 1 aromatic carbocycles. The number of ether oxygens (including phenoxy) is 2. The standard InChI is InChI=1S/C14H15N5O5/c1-23-10-3-2-8(6-9(10)19-7-15-17-18-19)16-13(20)11-4-5-12(24-11)14(21)22/h2-3,6-7,11-12H,4-5H2,1H3,(H,16,20)(H,21,22)/t11-,12+/m0/s1. The molecular formula is C14H15N5O5. The lowest BCUT2D eigenvalue weighted by molar-refractivity contribution is -0.150. The average molecular weight is 333 g/mol. The van der Waals surface area contributed by atoms with Crippen LogP contribution in [0, 0.1) is 0 Å². The summed E-state index contributed by atoms with van der Waals surface area (Å²) >= 11 is 0. The summed E-state index contributed by atoms with van der Waals surface area (Å²) in [5, 5.41) is 22.5. The van der Waals surface area contributed by atoms with E-state index < -0.39 is 24.1 Å². The Morgan fingerprint density at radius 3 is 2.79 bits per heavy atom. The Morgan fingerprint density at radius 2 is 2.17 bits per heavy atom. The minimum Gasteiger partial charge on any atom is -0.494 e. The number of carbonyl (C=O) groups excluding carboxylic acids is 1. The SMILES string of the molecule is COc1ccc(NC(=O)[C@@H]2CC[C@H](C(=O)O)O2)cc1-n1cnnn1. The van der Waals surface area contributed by atoms with Crippen LogP contribution in [0.1, 0.15) is 12.8 Å². The van der Waals surface area contributed by atoms with Crippen LogP contribution >= 0.6 is 0 Å². The number of rotatable bonds is 5. The first-order valence-corrected chi connectivity index (χ1v) is 7.19. The summed E-state index contributed by atoms with van der Waals surface area (Å²) in [4.78, 5) is 23.1. The second kappa shape index (κ2) is 6.62. The van der Waals surface area contributed by atoms with Gasteiger partial charge in [0.25, 0.3) is 5.91 Å². The highest BCUT2D eigenvalue weighted by atomic mass is 16.5. The van der Waals surface area contributed by atoms with Gasteiger partial charge >= 0.3 is 5.97 Å². The van der Waals surface area contributed by atoms with Crippen LogP contribution in [0.15, 0.2) is 24.5 Å². The molecule has 1 saturated heterocycles. The molecule has 2 atom stereocenters. The predicted octanol–water partition coefficient (Wildman–Crippen LogP) is 0.242. The highest BCUT2D eigenvalue weighted by Crippen LogP contribution is 2.26. The summed E-state index contributed by atoms with van der Waals surface area (Å²) in [5.41, 5.74) is 1.05. The molecule has 126 valence electrons. The van der Waals surface area contributed by atoms with Crippen LogP contribution in [-0.4, -0.2) is 56.5 Å². The number of hydrogen-bond acceptors (Lipinski definition) is 7. The summed E-state index contributed by atoms with van der Waals surface area (Å²) < 4.78 is 11.9. The third-order valence-corrected chi connectivity index (χ3v) is 3.63. The van der Waals surface area contributed by atoms with Gasteiger partial charge in [0.2, 0.25) is 0 Å². The number of tetrazole rings is 1. The van der Waals surface area contributed by atoms with E-state index in [0.29, 0.717) is 30.0 Å². The van der Waals surface area contributed by atoms with Crippen molar-refractivity contribution in [2.45, 2.75) is 25.0 Å². The number of aromatic nitrogens is 4. The first-order valence-electron chi connectivity index (χ1n) is 7.19. The summed E-state index contributed by atoms with van der Waals surface area (Å²) in [7, 11) is 1.51. The Morgan fingerprint density at radius 1 is 1.38 bits per heavy atom. The zero-order valence-electron chi connectivity index (χ0n) is 12.7. The molecule has 24 heavy (non-hydrogen) atoms. The Labute approximate surface area is 136 Å². The van der Waals surface area contributed by atoms with Gasteiger partial charge in [0.1, 0.15) is 23.9 Å². The number of nitrogens with one attached hydrogen (secondary N) is 1. The lowest BCUT2D eigenvalue weighted by Crippen LogP contribution is -2.30. The number of nitrogens with zero attached hydrogens (tertiary/aromatic N) is 4. The normalized spacial score (nSPS) is 19.9. The van der Waals surface area contributed by atoms with E-state index in [1.54, 1.807) is 18.2 Å². The molecular weight excluding hydrogens is 318 g/mol. The molecule has 2 heterocycles. The molecule has 1 amide bonds. The van der Waals surface area contributed by atoms with Gasteiger partial charge in [-0.2, -0.15) is 4.68 Å². The summed E-state index contributed by atoms with van der Waals surface area (Å²) in [6.07, 6.45) is 0.351. The van der Waals surface area contributed by atoms with Gasteiger partial charge in [-0.25, -0.2) is 4.79 Å². The van der Waals surface area contributed by atoms with Crippen LogP contribution in [0.4, 0.5) is 5.69 Å². The van der Waals surface area contributed by atoms with E-state index in [0.717, 1.165) is 0 Å². The van der Waals surface area contributed by atoms with Crippen LogP contribution in [0.5, 0.6) is 5.75 Å². The zero-order chi connectivity index (χ0) is 17.1. The van der Waals surface area contributed by atoms with Crippen molar-refractivity contribution < 1.29 is 24.2 Å². The summed E-state index contributed by atoms with van der Waals surface area (Å²) in [6.45, 7) is 0. The molecule has 1 aromatic heterocycles. The number of aliphatic carboxylic acids is 1. The summed E-state index contributed by atoms with van der Waals surface area (Å²) in [6, 6.07) is 4.98. The Kier molecular flexibility index (Phi) is 4.38. The highest BCUT2D eigenvalue weighted by molar-refractivity contribution is 5.95. The van der Waals surface area contributed by atoms with E-state index in [1.165, 1.54) is 18.1 Å². The molecule has 10 nitrogen and oxygen atoms in total. The van der Waals surface area contributed by atoms with Crippen molar-refractivity contribution in [1.29, 1.82) is 0 Å². The van der Waals surface area contributed by atoms with E-state index >= 15 is 0 Å². The molecule has 1 aliphatic heterocycles. The second-order valence-electron chi connectivity index (χ2n) is 5.16. The number of benzene rings is 1. The Bertz CT molecular complexity index is 748. The zero-order valence-corrected chi connectivity index (χ0v) is 12.7. The first-order chi connectivity index (χ1) is 11.6. The van der Waals surface area contributed by atoms with Crippen molar-refractivity contribution in [3.63, 3.8) is 0 Å². The molecule has 0 saturated carbocycles. The molecule has 2 N–H and O–H groups in total. The second-order valence-corrected chi connectivity index (χ2v) is 5.16. The topological polar surface area (TPSA) is 128 Å². The molecule has 0 bridgehead atoms. The van der Waals surface area contributed by atoms with Gasteiger partial charge < -0.3 is 19.9 Å². The Balaban J connectivity index is 1.75. The molecule has 0 aliphatic carbocycles. The largest absolute Gasteiger partial charge is 0.494 e. The number of carboxylic acids is 1. The number of carbonyl (C=O) groups is 2. The Hall–Kier alpha value is -3.01. The van der Waals surface area contributed by atoms with Gasteiger partial charge in [-0.3, -0.25) is 4.79 Å². The van der Waals surface area contributed by atoms with Crippen molar-refractivity contribution >= 4 is 17.6 Å². The molecule has 1 aliphatic rings. The van der Waals surface area contributed by atoms with Crippen molar-refractivity contribution in [1.82, 2.24) is 20.2 Å². The molecule has 0 radical (unpaired) electrons. The number of hydrogen-bond donors (Lipinski definition) is 2. The highest BCUT2D eigenvalue weighted by Gasteiger charge is 2.34. The number of methoxy groups -OCH3 is 1. The third-order valence-electron chi connectivity index (χ3n) is 3.63. The van der Waals surface area contributed by atoms with E-state index in [4.69, 9.17) is 14.6 Å². The number of anilines is 1. The van der Waals surface area contributed by atoms with Crippen molar-refractivity contribution in [3.8, 4) is 11.4 Å². The smallest absolute Gasteiger partial charge is 0.332 e. The monoisotopic (exact) mass is 333 g/mol. The fourth-order valence-electron chi connectivity index (χ4n) is 2.45. The lowest BCUT2D eigenvalue weighted by Gasteiger charge is -2.14. The van der Waals surface area contributed by atoms with E-state index in [1.807, 2.05) is 0 Å². The molecule has 2 aromatic rings. The minimum atomic E-state index is -1.06. The van der Waals surface area contributed by atoms with E-state index in [-0.39, 0.29) is 0 Å². The van der Waals surface area contributed by atoms with E-state index in [2.05, 4.69) is 20.8 Å². The lowest BCUT2D eigenvalue weighted by atomic mass is 10.2. The third kappa shape index (κ3) is 3.18. The van der Waals surface area contributed by atoms with Crippen LogP contribution in [0.3, 0.4) is 0 Å². The van der Waals surface area contributed by atoms with Crippen molar-refractivity contribution in [2.24, 2.45) is 0 Å². The molecule has 0 spiro atoms. The van der Waals surface area contributed by atoms with Gasteiger partial charge in [0, 0.05) is 5.69 Å². The van der Waals surface area contributed by atoms with E-state index in [9.17, 15) is 9.59 Å². The molecule has 10 heteroatoms. The average Bonchev–Trinajstić information content (AvgIpc) is 3.26. The van der Waals surface area contributed by atoms with Gasteiger partial charge in [-0.1, -0.05) is 0 Å². The van der Waals surface area contributed by atoms with Gasteiger partial charge in [0.15, 0.2) is 6.10 Å². The van der Waals surface area contributed by atoms with Crippen LogP contribution in [-0.2, 0) is 14.3 Å². The van der Waals surface area contributed by atoms with Gasteiger partial charge in [-0.15, -0.1) is 5.10 Å². The van der Waals surface area contributed by atoms with Gasteiger partial charge in [-0.05, 0) is 41.5 Å². The summed E-state index contributed by atoms with van der Waals surface area (Å²) in [5.74, 6) is -0.925. The van der Waals surface area contributed by atoms with Gasteiger partial charge in [0.05, 0.1) is 7.11 Å². The fourth-order valence-corrected chi connectivity index (χ4v) is 2.45. The van der Waals surface area contributed by atoms with Crippen LogP contribution in [0.2, 0.25) is 0 Å². The maximum absolute atomic E-state index is 12.2. The quantitative estimate of drug-likeness (QED) is 0.796.